The fourth-order valence-electron chi connectivity index (χ4n) is 0.150. The summed E-state index contributed by atoms with van der Waals surface area (Å²) in [7, 11) is 0. The Balaban J connectivity index is -0.000000197. The van der Waals surface area contributed by atoms with E-state index in [1.807, 2.05) is 0 Å². The van der Waals surface area contributed by atoms with Gasteiger partial charge in [-0.15, -0.1) is 0 Å². The normalized spacial score (nSPS) is 13.7. The van der Waals surface area contributed by atoms with Crippen molar-refractivity contribution in [3.63, 3.8) is 0 Å². The highest BCUT2D eigenvalue weighted by molar-refractivity contribution is 4.69. The molecule has 7 nitrogen and oxygen atoms in total. The number of hydrogen-bond acceptors (Lipinski definition) is 7. The third-order valence-corrected chi connectivity index (χ3v) is 1.67. The first-order chi connectivity index (χ1) is 8.22. The van der Waals surface area contributed by atoms with Gasteiger partial charge in [-0.3, -0.25) is 0 Å². The fraction of sp³-hybridized carbons (Fsp3) is 1.00. The molecule has 0 saturated carbocycles. The highest BCUT2D eigenvalue weighted by Crippen LogP contribution is 2.10. The lowest BCUT2D eigenvalue weighted by atomic mass is 9.95. The number of rotatable bonds is 5. The molecular weight excluding hydrogens is 244 g/mol. The number of aliphatic hydroxyl groups excluding tert-OH is 7. The Morgan fingerprint density at radius 2 is 0.889 bits per heavy atom. The van der Waals surface area contributed by atoms with Gasteiger partial charge in [0.25, 0.3) is 0 Å². The number of aliphatic hydroxyl groups is 7. The Hall–Kier alpha value is -0.280. The van der Waals surface area contributed by atoms with Gasteiger partial charge in [-0.1, -0.05) is 6.92 Å². The van der Waals surface area contributed by atoms with Gasteiger partial charge in [0.15, 0.2) is 0 Å². The first-order valence-corrected chi connectivity index (χ1v) is 5.63. The molecule has 0 aliphatic heterocycles. The van der Waals surface area contributed by atoms with Crippen LogP contribution < -0.4 is 0 Å². The largest absolute Gasteiger partial charge is 0.396 e. The van der Waals surface area contributed by atoms with E-state index in [1.165, 1.54) is 13.8 Å². The van der Waals surface area contributed by atoms with Crippen LogP contribution in [0, 0.1) is 5.41 Å². The molecule has 0 bridgehead atoms. The maximum Gasteiger partial charge on any atom is 0.0742 e. The molecule has 0 aliphatic rings. The minimum atomic E-state index is -0.708. The molecule has 0 aromatic carbocycles. The van der Waals surface area contributed by atoms with Gasteiger partial charge in [0.2, 0.25) is 0 Å². The van der Waals surface area contributed by atoms with Gasteiger partial charge in [-0.25, -0.2) is 0 Å². The van der Waals surface area contributed by atoms with E-state index in [0.29, 0.717) is 0 Å². The van der Waals surface area contributed by atoms with E-state index >= 15 is 0 Å². The summed E-state index contributed by atoms with van der Waals surface area (Å²) in [4.78, 5) is 0. The van der Waals surface area contributed by atoms with E-state index in [4.69, 9.17) is 35.7 Å². The van der Waals surface area contributed by atoms with Crippen molar-refractivity contribution in [2.45, 2.75) is 33.0 Å². The average Bonchev–Trinajstić information content (AvgIpc) is 2.39. The molecule has 0 saturated heterocycles. The van der Waals surface area contributed by atoms with Crippen molar-refractivity contribution in [2.24, 2.45) is 5.41 Å². The zero-order chi connectivity index (χ0) is 15.2. The predicted molar refractivity (Wildman–Crippen MR) is 66.9 cm³/mol. The highest BCUT2D eigenvalue weighted by atomic mass is 16.3. The summed E-state index contributed by atoms with van der Waals surface area (Å²) in [6.45, 7) is 3.84. The molecule has 0 aromatic rings. The molecule has 0 aromatic heterocycles. The fourth-order valence-corrected chi connectivity index (χ4v) is 0.150. The molecule has 1 unspecified atom stereocenters. The van der Waals surface area contributed by atoms with Crippen LogP contribution in [0.3, 0.4) is 0 Å². The van der Waals surface area contributed by atoms with E-state index < -0.39 is 17.6 Å². The van der Waals surface area contributed by atoms with Crippen LogP contribution in [0.1, 0.15) is 20.8 Å². The molecule has 0 rings (SSSR count). The SMILES string of the molecule is CC(CO)(CO)CO.CC(O)CO.C[C@@H](O)CO. The lowest BCUT2D eigenvalue weighted by molar-refractivity contribution is 0.0200. The first kappa shape index (κ1) is 22.9. The second kappa shape index (κ2) is 14.8. The van der Waals surface area contributed by atoms with Crippen LogP contribution in [-0.2, 0) is 0 Å². The molecule has 7 heteroatoms. The standard InChI is InChI=1S/C5H12O3.2C3H8O2/c1-5(2-6,3-7)4-8;2*1-3(5)2-4/h6-8H,2-4H2,1H3;2*3-5H,2H2,1H3/t;3-;/m.1./s1. The lowest BCUT2D eigenvalue weighted by Gasteiger charge is -2.20. The summed E-state index contributed by atoms with van der Waals surface area (Å²) in [6.07, 6.45) is -1.12. The molecule has 0 heterocycles. The van der Waals surface area contributed by atoms with Crippen LogP contribution >= 0.6 is 0 Å². The smallest absolute Gasteiger partial charge is 0.0742 e. The summed E-state index contributed by atoms with van der Waals surface area (Å²) >= 11 is 0. The van der Waals surface area contributed by atoms with Crippen molar-refractivity contribution >= 4 is 0 Å². The summed E-state index contributed by atoms with van der Waals surface area (Å²) < 4.78 is 0. The van der Waals surface area contributed by atoms with E-state index in [-0.39, 0.29) is 33.0 Å². The summed E-state index contributed by atoms with van der Waals surface area (Å²) in [5.74, 6) is 0. The van der Waals surface area contributed by atoms with Crippen molar-refractivity contribution < 1.29 is 35.7 Å². The van der Waals surface area contributed by atoms with Crippen LogP contribution in [0.2, 0.25) is 0 Å². The van der Waals surface area contributed by atoms with Gasteiger partial charge >= 0.3 is 0 Å². The molecule has 114 valence electrons. The maximum absolute atomic E-state index is 8.47. The van der Waals surface area contributed by atoms with Gasteiger partial charge in [-0.05, 0) is 13.8 Å². The molecule has 0 radical (unpaired) electrons. The van der Waals surface area contributed by atoms with Gasteiger partial charge < -0.3 is 35.7 Å². The molecule has 0 spiro atoms. The van der Waals surface area contributed by atoms with E-state index in [9.17, 15) is 0 Å². The maximum atomic E-state index is 8.47. The van der Waals surface area contributed by atoms with Gasteiger partial charge in [0, 0.05) is 5.41 Å². The Morgan fingerprint density at radius 3 is 0.889 bits per heavy atom. The molecule has 0 fully saturated rings. The van der Waals surface area contributed by atoms with Gasteiger partial charge in [0.1, 0.15) is 0 Å². The monoisotopic (exact) mass is 272 g/mol. The topological polar surface area (TPSA) is 142 Å². The Morgan fingerprint density at radius 1 is 0.722 bits per heavy atom. The van der Waals surface area contributed by atoms with Gasteiger partial charge in [0.05, 0.1) is 45.2 Å². The van der Waals surface area contributed by atoms with E-state index in [1.54, 1.807) is 6.92 Å². The Bertz CT molecular complexity index is 130. The van der Waals surface area contributed by atoms with E-state index in [0.717, 1.165) is 0 Å². The molecule has 18 heavy (non-hydrogen) atoms. The van der Waals surface area contributed by atoms with Crippen LogP contribution in [-0.4, -0.2) is 81.0 Å². The predicted octanol–water partition coefficient (Wildman–Crippen LogP) is -2.31. The molecule has 0 aliphatic carbocycles. The van der Waals surface area contributed by atoms with Crippen LogP contribution in [0.25, 0.3) is 0 Å². The number of hydrogen-bond donors (Lipinski definition) is 7. The minimum absolute atomic E-state index is 0.139. The third-order valence-electron chi connectivity index (χ3n) is 1.67. The van der Waals surface area contributed by atoms with Crippen molar-refractivity contribution in [3.8, 4) is 0 Å². The van der Waals surface area contributed by atoms with Crippen LogP contribution in [0.15, 0.2) is 0 Å². The quantitative estimate of drug-likeness (QED) is 0.298. The average molecular weight is 272 g/mol. The Kier molecular flexibility index (Phi) is 18.8. The molecule has 0 amide bonds. The molecule has 7 N–H and O–H groups in total. The van der Waals surface area contributed by atoms with Crippen LogP contribution in [0.5, 0.6) is 0 Å². The van der Waals surface area contributed by atoms with Crippen LogP contribution in [0.4, 0.5) is 0 Å². The second-order valence-corrected chi connectivity index (χ2v) is 4.35. The summed E-state index contributed by atoms with van der Waals surface area (Å²) in [6, 6.07) is 0. The zero-order valence-electron chi connectivity index (χ0n) is 11.3. The minimum Gasteiger partial charge on any atom is -0.396 e. The van der Waals surface area contributed by atoms with Crippen molar-refractivity contribution in [3.05, 3.63) is 0 Å². The zero-order valence-corrected chi connectivity index (χ0v) is 11.3. The van der Waals surface area contributed by atoms with Crippen molar-refractivity contribution in [2.75, 3.05) is 33.0 Å². The molecule has 2 atom stereocenters. The van der Waals surface area contributed by atoms with Gasteiger partial charge in [-0.2, -0.15) is 0 Å². The first-order valence-electron chi connectivity index (χ1n) is 5.63. The summed E-state index contributed by atoms with van der Waals surface area (Å²) in [5.41, 5.74) is -0.708. The highest BCUT2D eigenvalue weighted by Gasteiger charge is 2.20. The summed E-state index contributed by atoms with van der Waals surface area (Å²) in [5, 5.41) is 57.4. The molecular formula is C11H28O7. The lowest BCUT2D eigenvalue weighted by Crippen LogP contribution is -2.29. The van der Waals surface area contributed by atoms with E-state index in [2.05, 4.69) is 0 Å². The third kappa shape index (κ3) is 21.1. The second-order valence-electron chi connectivity index (χ2n) is 4.35. The Labute approximate surface area is 108 Å². The van der Waals surface area contributed by atoms with Crippen molar-refractivity contribution in [1.29, 1.82) is 0 Å². The van der Waals surface area contributed by atoms with Crippen molar-refractivity contribution in [1.82, 2.24) is 0 Å².